The lowest BCUT2D eigenvalue weighted by atomic mass is 10.1. The van der Waals surface area contributed by atoms with Crippen LogP contribution < -0.4 is 4.74 Å². The molecule has 36 heavy (non-hydrogen) atoms. The van der Waals surface area contributed by atoms with E-state index in [1.165, 1.54) is 0 Å². The SMILES string of the molecule is CCOC(Cc1ccc(OCc2sc(-c3ccc(C(=O)N4CCOCC4)cc3)cc2C)cc1)C(=O)O. The molecule has 0 radical (unpaired) electrons. The highest BCUT2D eigenvalue weighted by Crippen LogP contribution is 2.32. The molecule has 190 valence electrons. The van der Waals surface area contributed by atoms with E-state index in [2.05, 4.69) is 13.0 Å². The van der Waals surface area contributed by atoms with E-state index in [0.717, 1.165) is 32.2 Å². The van der Waals surface area contributed by atoms with Gasteiger partial charge in [-0.05, 0) is 60.9 Å². The van der Waals surface area contributed by atoms with Crippen molar-refractivity contribution in [1.82, 2.24) is 4.90 Å². The molecule has 0 spiro atoms. The third-order valence-corrected chi connectivity index (χ3v) is 7.35. The van der Waals surface area contributed by atoms with E-state index in [1.807, 2.05) is 53.4 Å². The lowest BCUT2D eigenvalue weighted by Crippen LogP contribution is -2.40. The third-order valence-electron chi connectivity index (χ3n) is 6.09. The molecule has 3 aromatic rings. The summed E-state index contributed by atoms with van der Waals surface area (Å²) in [7, 11) is 0. The van der Waals surface area contributed by atoms with Gasteiger partial charge in [0.05, 0.1) is 13.2 Å². The zero-order valence-electron chi connectivity index (χ0n) is 20.6. The Bertz CT molecular complexity index is 1170. The average molecular weight is 510 g/mol. The number of rotatable bonds is 10. The first-order chi connectivity index (χ1) is 17.4. The molecule has 8 heteroatoms. The summed E-state index contributed by atoms with van der Waals surface area (Å²) in [5, 5.41) is 9.26. The fraction of sp³-hybridized carbons (Fsp3) is 0.357. The van der Waals surface area contributed by atoms with Crippen molar-refractivity contribution in [1.29, 1.82) is 0 Å². The van der Waals surface area contributed by atoms with Crippen molar-refractivity contribution >= 4 is 23.2 Å². The second kappa shape index (κ2) is 12.2. The summed E-state index contributed by atoms with van der Waals surface area (Å²) in [4.78, 5) is 28.1. The molecule has 0 bridgehead atoms. The first-order valence-electron chi connectivity index (χ1n) is 12.1. The van der Waals surface area contributed by atoms with Crippen molar-refractivity contribution in [2.45, 2.75) is 33.0 Å². The van der Waals surface area contributed by atoms with Crippen molar-refractivity contribution < 1.29 is 28.9 Å². The minimum absolute atomic E-state index is 0.0451. The highest BCUT2D eigenvalue weighted by atomic mass is 32.1. The Labute approximate surface area is 215 Å². The van der Waals surface area contributed by atoms with Gasteiger partial charge in [-0.3, -0.25) is 4.79 Å². The lowest BCUT2D eigenvalue weighted by molar-refractivity contribution is -0.149. The van der Waals surface area contributed by atoms with Gasteiger partial charge < -0.3 is 24.2 Å². The largest absolute Gasteiger partial charge is 0.488 e. The number of aryl methyl sites for hydroxylation is 1. The van der Waals surface area contributed by atoms with Crippen molar-refractivity contribution in [2.75, 3.05) is 32.9 Å². The standard InChI is InChI=1S/C28H31NO6S/c1-3-34-24(28(31)32)17-20-4-10-23(11-5-20)35-18-26-19(2)16-25(36-26)21-6-8-22(9-7-21)27(30)29-12-14-33-15-13-29/h4-11,16,24H,3,12-15,17-18H2,1-2H3,(H,31,32). The number of benzene rings is 2. The van der Waals surface area contributed by atoms with Gasteiger partial charge in [-0.15, -0.1) is 11.3 Å². The molecule has 1 aliphatic rings. The summed E-state index contributed by atoms with van der Waals surface area (Å²) in [5.74, 6) is -0.189. The van der Waals surface area contributed by atoms with Crippen LogP contribution in [0, 0.1) is 6.92 Å². The summed E-state index contributed by atoms with van der Waals surface area (Å²) in [5.41, 5.74) is 3.80. The first-order valence-corrected chi connectivity index (χ1v) is 12.9. The molecule has 4 rings (SSSR count). The number of hydrogen-bond donors (Lipinski definition) is 1. The number of carboxylic acids is 1. The summed E-state index contributed by atoms with van der Waals surface area (Å²) < 4.78 is 16.6. The third kappa shape index (κ3) is 6.51. The smallest absolute Gasteiger partial charge is 0.333 e. The topological polar surface area (TPSA) is 85.3 Å². The average Bonchev–Trinajstić information content (AvgIpc) is 3.28. The summed E-state index contributed by atoms with van der Waals surface area (Å²) in [6.07, 6.45) is -0.534. The van der Waals surface area contributed by atoms with Crippen LogP contribution in [-0.2, 0) is 27.3 Å². The number of carbonyl (C=O) groups excluding carboxylic acids is 1. The molecule has 0 saturated carbocycles. The van der Waals surface area contributed by atoms with E-state index >= 15 is 0 Å². The van der Waals surface area contributed by atoms with E-state index in [9.17, 15) is 14.7 Å². The number of nitrogens with zero attached hydrogens (tertiary/aromatic N) is 1. The zero-order chi connectivity index (χ0) is 25.5. The maximum absolute atomic E-state index is 12.7. The minimum atomic E-state index is -0.959. The van der Waals surface area contributed by atoms with Crippen molar-refractivity contribution in [2.24, 2.45) is 0 Å². The zero-order valence-corrected chi connectivity index (χ0v) is 21.4. The van der Waals surface area contributed by atoms with Crippen LogP contribution >= 0.6 is 11.3 Å². The molecule has 1 N–H and O–H groups in total. The molecule has 0 aliphatic carbocycles. The molecule has 1 amide bonds. The molecule has 1 atom stereocenters. The predicted molar refractivity (Wildman–Crippen MR) is 139 cm³/mol. The van der Waals surface area contributed by atoms with E-state index < -0.39 is 12.1 Å². The van der Waals surface area contributed by atoms with Gasteiger partial charge in [-0.1, -0.05) is 24.3 Å². The molecule has 7 nitrogen and oxygen atoms in total. The fourth-order valence-corrected chi connectivity index (χ4v) is 5.13. The maximum Gasteiger partial charge on any atom is 0.333 e. The predicted octanol–water partition coefficient (Wildman–Crippen LogP) is 4.81. The Balaban J connectivity index is 1.35. The van der Waals surface area contributed by atoms with Crippen LogP contribution in [0.3, 0.4) is 0 Å². The number of hydrogen-bond acceptors (Lipinski definition) is 6. The second-order valence-corrected chi connectivity index (χ2v) is 9.75. The van der Waals surface area contributed by atoms with Crippen molar-refractivity contribution in [3.63, 3.8) is 0 Å². The normalized spacial score (nSPS) is 14.4. The van der Waals surface area contributed by atoms with Gasteiger partial charge in [0.1, 0.15) is 12.4 Å². The second-order valence-electron chi connectivity index (χ2n) is 8.62. The van der Waals surface area contributed by atoms with Crippen LogP contribution in [0.2, 0.25) is 0 Å². The Morgan fingerprint density at radius 3 is 2.42 bits per heavy atom. The Kier molecular flexibility index (Phi) is 8.74. The molecular formula is C28H31NO6S. The number of amides is 1. The molecule has 1 saturated heterocycles. The van der Waals surface area contributed by atoms with Crippen molar-refractivity contribution in [3.8, 4) is 16.2 Å². The van der Waals surface area contributed by atoms with Crippen LogP contribution in [0.25, 0.3) is 10.4 Å². The van der Waals surface area contributed by atoms with E-state index in [-0.39, 0.29) is 5.91 Å². The van der Waals surface area contributed by atoms with Gasteiger partial charge in [-0.2, -0.15) is 0 Å². The molecule has 1 aromatic heterocycles. The van der Waals surface area contributed by atoms with Crippen LogP contribution in [0.4, 0.5) is 0 Å². The van der Waals surface area contributed by atoms with Crippen LogP contribution in [0.1, 0.15) is 33.3 Å². The molecule has 1 fully saturated rings. The van der Waals surface area contributed by atoms with Gasteiger partial charge in [0.25, 0.3) is 5.91 Å². The van der Waals surface area contributed by atoms with Crippen molar-refractivity contribution in [3.05, 3.63) is 76.2 Å². The first kappa shape index (κ1) is 25.9. The molecule has 2 aromatic carbocycles. The number of ether oxygens (including phenoxy) is 3. The summed E-state index contributed by atoms with van der Waals surface area (Å²) in [6.45, 7) is 7.10. The van der Waals surface area contributed by atoms with E-state index in [1.54, 1.807) is 18.3 Å². The minimum Gasteiger partial charge on any atom is -0.488 e. The molecule has 2 heterocycles. The van der Waals surface area contributed by atoms with Gasteiger partial charge in [0.15, 0.2) is 6.10 Å². The monoisotopic (exact) mass is 509 g/mol. The highest BCUT2D eigenvalue weighted by Gasteiger charge is 2.19. The maximum atomic E-state index is 12.7. The Morgan fingerprint density at radius 1 is 1.08 bits per heavy atom. The Hall–Kier alpha value is -3.20. The molecule has 1 unspecified atom stereocenters. The highest BCUT2D eigenvalue weighted by molar-refractivity contribution is 7.15. The number of thiophene rings is 1. The quantitative estimate of drug-likeness (QED) is 0.422. The van der Waals surface area contributed by atoms with E-state index in [0.29, 0.717) is 51.5 Å². The number of carbonyl (C=O) groups is 2. The Morgan fingerprint density at radius 2 is 1.78 bits per heavy atom. The van der Waals surface area contributed by atoms with Crippen LogP contribution in [-0.4, -0.2) is 60.9 Å². The number of carboxylic acid groups (broad SMARTS) is 1. The number of aliphatic carboxylic acids is 1. The van der Waals surface area contributed by atoms with E-state index in [4.69, 9.17) is 14.2 Å². The summed E-state index contributed by atoms with van der Waals surface area (Å²) >= 11 is 1.68. The molecule has 1 aliphatic heterocycles. The van der Waals surface area contributed by atoms with Gasteiger partial charge in [-0.25, -0.2) is 4.79 Å². The van der Waals surface area contributed by atoms with Gasteiger partial charge in [0, 0.05) is 41.4 Å². The van der Waals surface area contributed by atoms with Crippen LogP contribution in [0.15, 0.2) is 54.6 Å². The van der Waals surface area contributed by atoms with Crippen LogP contribution in [0.5, 0.6) is 5.75 Å². The fourth-order valence-electron chi connectivity index (χ4n) is 4.03. The number of morpholine rings is 1. The lowest BCUT2D eigenvalue weighted by Gasteiger charge is -2.26. The van der Waals surface area contributed by atoms with Gasteiger partial charge in [0.2, 0.25) is 0 Å². The summed E-state index contributed by atoms with van der Waals surface area (Å²) in [6, 6.07) is 17.4. The molecular weight excluding hydrogens is 478 g/mol. The van der Waals surface area contributed by atoms with Gasteiger partial charge >= 0.3 is 5.97 Å².